The molecule has 3 heterocycles. The van der Waals surface area contributed by atoms with Gasteiger partial charge in [-0.3, -0.25) is 0 Å². The molecule has 0 aliphatic heterocycles. The molecule has 1 aliphatic carbocycles. The first-order valence-corrected chi connectivity index (χ1v) is 11.7. The molecule has 0 spiro atoms. The van der Waals surface area contributed by atoms with Crippen LogP contribution in [0.15, 0.2) is 71.2 Å². The highest BCUT2D eigenvalue weighted by atomic mass is 16.5. The summed E-state index contributed by atoms with van der Waals surface area (Å²) in [7, 11) is 3.40. The molecule has 0 unspecified atom stereocenters. The van der Waals surface area contributed by atoms with Crippen molar-refractivity contribution in [1.82, 2.24) is 4.40 Å². The van der Waals surface area contributed by atoms with Gasteiger partial charge in [-0.15, -0.1) is 0 Å². The van der Waals surface area contributed by atoms with Crippen LogP contribution < -0.4 is 20.0 Å². The van der Waals surface area contributed by atoms with E-state index in [-0.39, 0.29) is 0 Å². The van der Waals surface area contributed by atoms with Crippen LogP contribution in [0.5, 0.6) is 11.5 Å². The number of hydrogen-bond acceptors (Lipinski definition) is 3. The number of fused-ring (bicyclic) bond motifs is 7. The Morgan fingerprint density at radius 1 is 0.971 bits per heavy atom. The van der Waals surface area contributed by atoms with Crippen LogP contribution in [-0.2, 0) is 0 Å². The van der Waals surface area contributed by atoms with Crippen LogP contribution >= 0.6 is 0 Å². The molecule has 0 radical (unpaired) electrons. The normalized spacial score (nSPS) is 14.5. The van der Waals surface area contributed by atoms with Gasteiger partial charge in [0, 0.05) is 33.0 Å². The van der Waals surface area contributed by atoms with Crippen molar-refractivity contribution in [3.05, 3.63) is 88.6 Å². The van der Waals surface area contributed by atoms with Crippen molar-refractivity contribution in [3.63, 3.8) is 0 Å². The van der Waals surface area contributed by atoms with Crippen molar-refractivity contribution in [1.29, 1.82) is 0 Å². The highest BCUT2D eigenvalue weighted by Crippen LogP contribution is 2.37. The van der Waals surface area contributed by atoms with E-state index in [4.69, 9.17) is 13.9 Å². The number of nitrogens with zero attached hydrogens (tertiary/aromatic N) is 1. The van der Waals surface area contributed by atoms with Crippen LogP contribution in [0.2, 0.25) is 0 Å². The first-order valence-electron chi connectivity index (χ1n) is 11.7. The Kier molecular flexibility index (Phi) is 4.15. The van der Waals surface area contributed by atoms with E-state index >= 15 is 0 Å². The lowest BCUT2D eigenvalue weighted by molar-refractivity contribution is 0.414. The van der Waals surface area contributed by atoms with Gasteiger partial charge in [-0.1, -0.05) is 36.9 Å². The summed E-state index contributed by atoms with van der Waals surface area (Å²) in [5.74, 6) is 2.49. The zero-order valence-electron chi connectivity index (χ0n) is 19.6. The quantitative estimate of drug-likeness (QED) is 0.319. The molecule has 170 valence electrons. The monoisotopic (exact) mass is 457 g/mol. The Morgan fingerprint density at radius 3 is 2.66 bits per heavy atom. The van der Waals surface area contributed by atoms with Crippen LogP contribution in [0.1, 0.15) is 17.7 Å². The summed E-state index contributed by atoms with van der Waals surface area (Å²) in [6.07, 6.45) is 9.42. The fourth-order valence-corrected chi connectivity index (χ4v) is 5.60. The second kappa shape index (κ2) is 7.28. The average Bonchev–Trinajstić information content (AvgIpc) is 3.53. The average molecular weight is 458 g/mol. The van der Waals surface area contributed by atoms with E-state index < -0.39 is 0 Å². The van der Waals surface area contributed by atoms with Crippen molar-refractivity contribution >= 4 is 62.5 Å². The van der Waals surface area contributed by atoms with Crippen molar-refractivity contribution < 1.29 is 13.9 Å². The summed E-state index contributed by atoms with van der Waals surface area (Å²) in [5, 5.41) is 7.11. The number of aromatic nitrogens is 1. The van der Waals surface area contributed by atoms with Crippen molar-refractivity contribution in [3.8, 4) is 11.5 Å². The van der Waals surface area contributed by atoms with Gasteiger partial charge in [-0.2, -0.15) is 0 Å². The van der Waals surface area contributed by atoms with Crippen LogP contribution in [0.4, 0.5) is 0 Å². The summed E-state index contributed by atoms with van der Waals surface area (Å²) >= 11 is 0. The second-order valence-electron chi connectivity index (χ2n) is 8.91. The Bertz CT molecular complexity index is 1970. The fourth-order valence-electron chi connectivity index (χ4n) is 5.60. The van der Waals surface area contributed by atoms with Gasteiger partial charge in [0.2, 0.25) is 0 Å². The lowest BCUT2D eigenvalue weighted by atomic mass is 10.0. The lowest BCUT2D eigenvalue weighted by Crippen LogP contribution is -2.28. The SMILES string of the molecule is C=Cc1c(/C=C2/C=c3c(n4c5ccccc5c5c(OC)ccc3c54)=CC2)oc2cc(OC)ccc12. The summed E-state index contributed by atoms with van der Waals surface area (Å²) in [6, 6.07) is 18.7. The van der Waals surface area contributed by atoms with Gasteiger partial charge in [0.25, 0.3) is 0 Å². The van der Waals surface area contributed by atoms with Gasteiger partial charge in [0.05, 0.1) is 36.0 Å². The molecular weight excluding hydrogens is 434 g/mol. The van der Waals surface area contributed by atoms with Crippen LogP contribution in [0, 0.1) is 0 Å². The first kappa shape index (κ1) is 20.0. The summed E-state index contributed by atoms with van der Waals surface area (Å²) < 4.78 is 19.8. The highest BCUT2D eigenvalue weighted by Gasteiger charge is 2.20. The van der Waals surface area contributed by atoms with E-state index in [2.05, 4.69) is 65.6 Å². The minimum atomic E-state index is 0.775. The minimum absolute atomic E-state index is 0.775. The number of ether oxygens (including phenoxy) is 2. The lowest BCUT2D eigenvalue weighted by Gasteiger charge is -2.05. The molecule has 3 aromatic carbocycles. The Balaban J connectivity index is 1.49. The van der Waals surface area contributed by atoms with E-state index in [1.54, 1.807) is 14.2 Å². The Hall–Kier alpha value is -4.44. The molecule has 0 atom stereocenters. The Morgan fingerprint density at radius 2 is 1.83 bits per heavy atom. The maximum atomic E-state index is 6.24. The zero-order valence-corrected chi connectivity index (χ0v) is 19.6. The predicted molar refractivity (Wildman–Crippen MR) is 144 cm³/mol. The molecule has 6 aromatic rings. The topological polar surface area (TPSA) is 36.0 Å². The molecule has 4 nitrogen and oxygen atoms in total. The zero-order chi connectivity index (χ0) is 23.7. The van der Waals surface area contributed by atoms with E-state index in [1.165, 1.54) is 43.3 Å². The molecule has 0 fully saturated rings. The van der Waals surface area contributed by atoms with E-state index in [0.29, 0.717) is 0 Å². The molecule has 0 N–H and O–H groups in total. The third-order valence-electron chi connectivity index (χ3n) is 7.15. The van der Waals surface area contributed by atoms with Crippen LogP contribution in [0.3, 0.4) is 0 Å². The summed E-state index contributed by atoms with van der Waals surface area (Å²) in [6.45, 7) is 4.03. The molecule has 0 bridgehead atoms. The third kappa shape index (κ3) is 2.68. The molecule has 3 aromatic heterocycles. The van der Waals surface area contributed by atoms with E-state index in [0.717, 1.165) is 40.2 Å². The molecule has 0 amide bonds. The highest BCUT2D eigenvalue weighted by molar-refractivity contribution is 6.17. The van der Waals surface area contributed by atoms with Gasteiger partial charge in [-0.25, -0.2) is 0 Å². The van der Waals surface area contributed by atoms with Gasteiger partial charge in [0.15, 0.2) is 0 Å². The number of hydrogen-bond donors (Lipinski definition) is 0. The molecule has 1 aliphatic rings. The number of allylic oxidation sites excluding steroid dienone is 1. The molecule has 35 heavy (non-hydrogen) atoms. The fraction of sp³-hybridized carbons (Fsp3) is 0.0968. The first-order chi connectivity index (χ1) is 17.2. The van der Waals surface area contributed by atoms with Gasteiger partial charge in [-0.05, 0) is 54.5 Å². The largest absolute Gasteiger partial charge is 0.497 e. The predicted octanol–water partition coefficient (Wildman–Crippen LogP) is 6.14. The number of furan rings is 1. The Labute approximate surface area is 201 Å². The van der Waals surface area contributed by atoms with Crippen molar-refractivity contribution in [2.24, 2.45) is 0 Å². The molecule has 0 saturated carbocycles. The van der Waals surface area contributed by atoms with Crippen molar-refractivity contribution in [2.45, 2.75) is 6.42 Å². The maximum absolute atomic E-state index is 6.24. The number of para-hydroxylation sites is 1. The number of methoxy groups -OCH3 is 2. The number of rotatable bonds is 4. The summed E-state index contributed by atoms with van der Waals surface area (Å²) in [4.78, 5) is 0. The standard InChI is InChI=1S/C31H23NO3/c1-4-20-21-11-10-19(33-2)17-29(21)35-28(20)16-18-9-13-26-24(15-18)22-12-14-27(34-3)30-23-7-5-6-8-25(23)32(26)31(22)30/h4-8,10-17H,1,9H2,2-3H3/b18-16+. The molecule has 7 rings (SSSR count). The maximum Gasteiger partial charge on any atom is 0.139 e. The molecular formula is C31H23NO3. The van der Waals surface area contributed by atoms with Gasteiger partial charge < -0.3 is 18.3 Å². The van der Waals surface area contributed by atoms with Crippen LogP contribution in [-0.4, -0.2) is 18.6 Å². The smallest absolute Gasteiger partial charge is 0.139 e. The van der Waals surface area contributed by atoms with E-state index in [1.807, 2.05) is 24.3 Å². The van der Waals surface area contributed by atoms with Crippen LogP contribution in [0.25, 0.3) is 62.5 Å². The summed E-state index contributed by atoms with van der Waals surface area (Å²) in [5.41, 5.74) is 5.41. The van der Waals surface area contributed by atoms with Gasteiger partial charge in [0.1, 0.15) is 22.8 Å². The van der Waals surface area contributed by atoms with E-state index in [9.17, 15) is 0 Å². The van der Waals surface area contributed by atoms with Crippen molar-refractivity contribution in [2.75, 3.05) is 14.2 Å². The number of benzene rings is 3. The molecule has 0 saturated heterocycles. The molecule has 4 heteroatoms. The van der Waals surface area contributed by atoms with Gasteiger partial charge >= 0.3 is 0 Å². The minimum Gasteiger partial charge on any atom is -0.497 e. The second-order valence-corrected chi connectivity index (χ2v) is 8.91. The third-order valence-corrected chi connectivity index (χ3v) is 7.15.